The molecule has 0 saturated heterocycles. The van der Waals surface area contributed by atoms with Crippen LogP contribution in [0.4, 0.5) is 39.5 Å². The van der Waals surface area contributed by atoms with Crippen LogP contribution in [0.5, 0.6) is 0 Å². The Balaban J connectivity index is 0.000000392. The highest BCUT2D eigenvalue weighted by Crippen LogP contribution is 2.47. The van der Waals surface area contributed by atoms with Crippen LogP contribution in [0.1, 0.15) is 79.0 Å². The van der Waals surface area contributed by atoms with E-state index in [1.807, 2.05) is 0 Å². The minimum Gasteiger partial charge on any atom is -0.251 e. The van der Waals surface area contributed by atoms with Gasteiger partial charge in [-0.25, -0.2) is 0 Å². The van der Waals surface area contributed by atoms with Gasteiger partial charge in [-0.2, -0.15) is 39.5 Å². The van der Waals surface area contributed by atoms with Crippen LogP contribution in [-0.4, -0.2) is 41.8 Å². The predicted molar refractivity (Wildman–Crippen MR) is 186 cm³/mol. The summed E-state index contributed by atoms with van der Waals surface area (Å²) in [7, 11) is -24.2. The highest BCUT2D eigenvalue weighted by atomic mass is 32.3. The zero-order valence-corrected chi connectivity index (χ0v) is 33.2. The molecular formula is C34H39F9O6S4. The van der Waals surface area contributed by atoms with Crippen molar-refractivity contribution in [2.24, 2.45) is 0 Å². The van der Waals surface area contributed by atoms with Crippen molar-refractivity contribution in [3.05, 3.63) is 93.4 Å². The highest BCUT2D eigenvalue weighted by Gasteiger charge is 2.63. The third-order valence-corrected chi connectivity index (χ3v) is 16.8. The van der Waals surface area contributed by atoms with Crippen LogP contribution < -0.4 is 0 Å². The van der Waals surface area contributed by atoms with Crippen LogP contribution in [0.15, 0.2) is 87.5 Å². The summed E-state index contributed by atoms with van der Waals surface area (Å²) in [6, 6.07) is 27.8. The molecule has 0 N–H and O–H groups in total. The Labute approximate surface area is 307 Å². The van der Waals surface area contributed by atoms with E-state index in [-0.39, 0.29) is 27.1 Å². The van der Waals surface area contributed by atoms with Gasteiger partial charge in [0.2, 0.25) is 0 Å². The average Bonchev–Trinajstić information content (AvgIpc) is 2.95. The van der Waals surface area contributed by atoms with Crippen LogP contribution in [0, 0.1) is 3.91 Å². The molecule has 0 aliphatic heterocycles. The fourth-order valence-corrected chi connectivity index (χ4v) is 12.2. The van der Waals surface area contributed by atoms with Crippen LogP contribution >= 0.6 is 0 Å². The van der Waals surface area contributed by atoms with Gasteiger partial charge in [-0.15, -0.1) is 0 Å². The Morgan fingerprint density at radius 3 is 0.679 bits per heavy atom. The van der Waals surface area contributed by atoms with Gasteiger partial charge >= 0.3 is 16.5 Å². The normalized spacial score (nSPS) is 14.3. The van der Waals surface area contributed by atoms with Gasteiger partial charge in [0.15, 0.2) is 44.2 Å². The molecule has 3 aromatic rings. The van der Waals surface area contributed by atoms with Crippen LogP contribution in [0.25, 0.3) is 0 Å². The number of benzene rings is 3. The second-order valence-corrected chi connectivity index (χ2v) is 23.2. The lowest BCUT2D eigenvalue weighted by atomic mass is 9.87. The fraction of sp³-hybridized carbons (Fsp3) is 0.441. The summed E-state index contributed by atoms with van der Waals surface area (Å²) in [5.41, 5.74) is -16.5. The molecule has 0 aromatic heterocycles. The number of hydrogen-bond donors (Lipinski definition) is 0. The number of hydrogen-bond acceptors (Lipinski definition) is 6. The molecule has 6 nitrogen and oxygen atoms in total. The van der Waals surface area contributed by atoms with E-state index >= 15 is 0 Å². The lowest BCUT2D eigenvalue weighted by Crippen LogP contribution is -2.47. The molecule has 0 saturated carbocycles. The van der Waals surface area contributed by atoms with E-state index in [4.69, 9.17) is 0 Å². The Kier molecular flexibility index (Phi) is 13.2. The van der Waals surface area contributed by atoms with Crippen molar-refractivity contribution < 1.29 is 64.8 Å². The molecule has 0 atom stereocenters. The SMILES string of the molecule is CC(C)(C)c1ccc([S+](c2ccc(C(C)(C)C)cc2)c2ccc(C(C)(C)C)cc2)cc1.O=S(=O)([C-](S(=O)(=O)C(F)(F)F)S(=O)(=O)C(F)(F)F)C(F)(F)F. The number of rotatable bonds is 6. The van der Waals surface area contributed by atoms with Gasteiger partial charge < -0.3 is 0 Å². The van der Waals surface area contributed by atoms with Gasteiger partial charge in [-0.1, -0.05) is 98.7 Å². The zero-order chi connectivity index (χ0) is 41.6. The fourth-order valence-electron chi connectivity index (χ4n) is 4.40. The molecule has 0 radical (unpaired) electrons. The topological polar surface area (TPSA) is 102 Å². The maximum atomic E-state index is 12.0. The first-order chi connectivity index (χ1) is 23.4. The summed E-state index contributed by atoms with van der Waals surface area (Å²) in [6.07, 6.45) is 0. The summed E-state index contributed by atoms with van der Waals surface area (Å²) in [5, 5.41) is 0. The monoisotopic (exact) mass is 842 g/mol. The maximum absolute atomic E-state index is 12.0. The molecular weight excluding hydrogens is 804 g/mol. The van der Waals surface area contributed by atoms with Crippen molar-refractivity contribution in [2.75, 3.05) is 0 Å². The number of sulfone groups is 3. The first-order valence-corrected chi connectivity index (χ1v) is 20.9. The zero-order valence-electron chi connectivity index (χ0n) is 29.9. The molecule has 0 bridgehead atoms. The van der Waals surface area contributed by atoms with Crippen molar-refractivity contribution in [1.82, 2.24) is 0 Å². The Hall–Kier alpha value is -2.77. The molecule has 0 aliphatic rings. The molecule has 0 spiro atoms. The third-order valence-electron chi connectivity index (χ3n) is 7.44. The van der Waals surface area contributed by atoms with E-state index in [2.05, 4.69) is 135 Å². The van der Waals surface area contributed by atoms with Gasteiger partial charge in [0.25, 0.3) is 0 Å². The van der Waals surface area contributed by atoms with E-state index in [9.17, 15) is 64.8 Å². The predicted octanol–water partition coefficient (Wildman–Crippen LogP) is 9.91. The second-order valence-electron chi connectivity index (χ2n) is 14.7. The quantitative estimate of drug-likeness (QED) is 0.139. The number of alkyl halides is 9. The van der Waals surface area contributed by atoms with Gasteiger partial charge in [0.1, 0.15) is 0 Å². The molecule has 3 rings (SSSR count). The molecule has 0 unspecified atom stereocenters. The minimum absolute atomic E-state index is 0.120. The lowest BCUT2D eigenvalue weighted by molar-refractivity contribution is -0.0471. The van der Waals surface area contributed by atoms with Crippen molar-refractivity contribution in [3.8, 4) is 0 Å². The van der Waals surface area contributed by atoms with Crippen LogP contribution in [0.3, 0.4) is 0 Å². The molecule has 0 aliphatic carbocycles. The Bertz CT molecular complexity index is 1810. The molecule has 0 fully saturated rings. The molecule has 0 heterocycles. The molecule has 3 aromatic carbocycles. The van der Waals surface area contributed by atoms with Gasteiger partial charge in [-0.3, -0.25) is 25.3 Å². The Morgan fingerprint density at radius 2 is 0.547 bits per heavy atom. The first kappa shape index (κ1) is 46.4. The van der Waals surface area contributed by atoms with Gasteiger partial charge in [0.05, 0.1) is 14.8 Å². The summed E-state index contributed by atoms with van der Waals surface area (Å²) < 4.78 is 167. The summed E-state index contributed by atoms with van der Waals surface area (Å²) in [4.78, 5) is 4.13. The smallest absolute Gasteiger partial charge is 0.251 e. The van der Waals surface area contributed by atoms with Crippen LogP contribution in [0.2, 0.25) is 0 Å². The van der Waals surface area contributed by atoms with Crippen LogP contribution in [-0.2, 0) is 56.7 Å². The first-order valence-electron chi connectivity index (χ1n) is 15.3. The number of halogens is 9. The van der Waals surface area contributed by atoms with Gasteiger partial charge in [0, 0.05) is 0 Å². The highest BCUT2D eigenvalue weighted by molar-refractivity contribution is 8.29. The van der Waals surface area contributed by atoms with E-state index in [1.54, 1.807) is 0 Å². The van der Waals surface area contributed by atoms with Crippen molar-refractivity contribution in [1.29, 1.82) is 0 Å². The minimum atomic E-state index is -8.02. The summed E-state index contributed by atoms with van der Waals surface area (Å²) in [6.45, 7) is 20.5. The molecule has 0 amide bonds. The largest absolute Gasteiger partial charge is 0.470 e. The van der Waals surface area contributed by atoms with Crippen molar-refractivity contribution in [3.63, 3.8) is 0 Å². The summed E-state index contributed by atoms with van der Waals surface area (Å²) in [5.74, 6) is 0. The average molecular weight is 843 g/mol. The van der Waals surface area contributed by atoms with Gasteiger partial charge in [-0.05, 0) is 69.3 Å². The molecule has 298 valence electrons. The van der Waals surface area contributed by atoms with E-state index in [1.165, 1.54) is 31.4 Å². The summed E-state index contributed by atoms with van der Waals surface area (Å²) >= 11 is 0. The second kappa shape index (κ2) is 15.0. The standard InChI is InChI=1S/C30H39S.C4F9O6S3/c1-28(2,3)22-10-16-25(17-11-22)31(26-18-12-23(13-19-26)29(4,5)6)27-20-14-24(15-21-27)30(7,8)9;5-2(6,7)20(14,15)1(21(16,17)3(8,9)10)22(18,19)4(11,12)13/h10-21H,1-9H3;/q+1;-1. The lowest BCUT2D eigenvalue weighted by Gasteiger charge is -2.31. The van der Waals surface area contributed by atoms with E-state index < -0.39 is 50.0 Å². The third kappa shape index (κ3) is 10.5. The van der Waals surface area contributed by atoms with E-state index in [0.717, 1.165) is 0 Å². The van der Waals surface area contributed by atoms with Crippen molar-refractivity contribution >= 4 is 40.4 Å². The van der Waals surface area contributed by atoms with E-state index in [0.29, 0.717) is 0 Å². The van der Waals surface area contributed by atoms with Crippen molar-refractivity contribution in [2.45, 2.75) is 110 Å². The maximum Gasteiger partial charge on any atom is 0.470 e. The molecule has 19 heteroatoms. The Morgan fingerprint density at radius 1 is 0.377 bits per heavy atom. The molecule has 53 heavy (non-hydrogen) atoms.